The van der Waals surface area contributed by atoms with Crippen LogP contribution in [0.4, 0.5) is 5.69 Å². The van der Waals surface area contributed by atoms with Crippen LogP contribution in [0.2, 0.25) is 0 Å². The lowest BCUT2D eigenvalue weighted by molar-refractivity contribution is -0.127. The Balaban J connectivity index is 1.89. The highest BCUT2D eigenvalue weighted by atomic mass is 16.5. The number of ether oxygens (including phenoxy) is 2. The number of nitrogens with zero attached hydrogens (tertiary/aromatic N) is 1. The third-order valence-electron chi connectivity index (χ3n) is 3.86. The Labute approximate surface area is 135 Å². The van der Waals surface area contributed by atoms with Crippen molar-refractivity contribution in [1.29, 1.82) is 0 Å². The molecule has 0 aliphatic carbocycles. The number of aliphatic hydroxyl groups excluding tert-OH is 1. The molecule has 1 atom stereocenters. The van der Waals surface area contributed by atoms with Crippen molar-refractivity contribution in [3.8, 4) is 11.5 Å². The van der Waals surface area contributed by atoms with Crippen molar-refractivity contribution in [2.75, 3.05) is 18.6 Å². The minimum absolute atomic E-state index is 0.0883. The molecule has 2 aromatic carbocycles. The Morgan fingerprint density at radius 1 is 1.17 bits per heavy atom. The van der Waals surface area contributed by atoms with Crippen molar-refractivity contribution in [1.82, 2.24) is 0 Å². The molecule has 0 saturated heterocycles. The monoisotopic (exact) mass is 313 g/mol. The van der Waals surface area contributed by atoms with Gasteiger partial charge in [0.15, 0.2) is 6.10 Å². The van der Waals surface area contributed by atoms with Crippen LogP contribution < -0.4 is 14.4 Å². The fraction of sp³-hybridized carbons (Fsp3) is 0.278. The van der Waals surface area contributed by atoms with Crippen LogP contribution in [0, 0.1) is 0 Å². The van der Waals surface area contributed by atoms with Crippen LogP contribution >= 0.6 is 0 Å². The minimum Gasteiger partial charge on any atom is -0.497 e. The molecule has 1 aliphatic rings. The van der Waals surface area contributed by atoms with E-state index in [4.69, 9.17) is 14.6 Å². The second kappa shape index (κ2) is 6.71. The molecule has 120 valence electrons. The first-order valence-corrected chi connectivity index (χ1v) is 7.54. The van der Waals surface area contributed by atoms with Gasteiger partial charge in [0, 0.05) is 13.0 Å². The SMILES string of the molecule is COc1ccc(CN2C(=O)[C@@H](CCO)Oc3ccccc32)cc1. The molecule has 1 N–H and O–H groups in total. The number of anilines is 1. The Morgan fingerprint density at radius 3 is 2.61 bits per heavy atom. The number of rotatable bonds is 5. The zero-order valence-corrected chi connectivity index (χ0v) is 12.9. The van der Waals surface area contributed by atoms with Crippen molar-refractivity contribution in [2.24, 2.45) is 0 Å². The molecule has 0 aromatic heterocycles. The van der Waals surface area contributed by atoms with E-state index in [-0.39, 0.29) is 18.9 Å². The minimum atomic E-state index is -0.645. The number of para-hydroxylation sites is 2. The first kappa shape index (κ1) is 15.4. The van der Waals surface area contributed by atoms with Crippen molar-refractivity contribution in [2.45, 2.75) is 19.1 Å². The normalized spacial score (nSPS) is 16.7. The van der Waals surface area contributed by atoms with E-state index in [0.717, 1.165) is 17.0 Å². The Hall–Kier alpha value is -2.53. The lowest BCUT2D eigenvalue weighted by atomic mass is 10.1. The van der Waals surface area contributed by atoms with Crippen molar-refractivity contribution >= 4 is 11.6 Å². The zero-order valence-electron chi connectivity index (χ0n) is 12.9. The van der Waals surface area contributed by atoms with Crippen LogP contribution in [-0.4, -0.2) is 30.8 Å². The van der Waals surface area contributed by atoms with E-state index < -0.39 is 6.10 Å². The van der Waals surface area contributed by atoms with E-state index in [1.807, 2.05) is 48.5 Å². The van der Waals surface area contributed by atoms with Crippen LogP contribution in [0.15, 0.2) is 48.5 Å². The van der Waals surface area contributed by atoms with Gasteiger partial charge in [0.2, 0.25) is 0 Å². The molecule has 0 fully saturated rings. The molecule has 0 spiro atoms. The number of hydrogen-bond donors (Lipinski definition) is 1. The molecule has 1 amide bonds. The van der Waals surface area contributed by atoms with Gasteiger partial charge in [0.25, 0.3) is 5.91 Å². The van der Waals surface area contributed by atoms with Crippen LogP contribution in [0.3, 0.4) is 0 Å². The maximum atomic E-state index is 12.7. The van der Waals surface area contributed by atoms with Gasteiger partial charge in [-0.15, -0.1) is 0 Å². The highest BCUT2D eigenvalue weighted by molar-refractivity contribution is 5.99. The summed E-state index contributed by atoms with van der Waals surface area (Å²) in [6.07, 6.45) is -0.361. The maximum absolute atomic E-state index is 12.7. The lowest BCUT2D eigenvalue weighted by Gasteiger charge is -2.34. The number of aliphatic hydroxyl groups is 1. The summed E-state index contributed by atoms with van der Waals surface area (Å²) in [5.41, 5.74) is 1.75. The van der Waals surface area contributed by atoms with E-state index in [1.54, 1.807) is 12.0 Å². The van der Waals surface area contributed by atoms with E-state index in [1.165, 1.54) is 0 Å². The van der Waals surface area contributed by atoms with Gasteiger partial charge in [0.1, 0.15) is 11.5 Å². The number of carbonyl (C=O) groups is 1. The molecule has 0 saturated carbocycles. The molecule has 3 rings (SSSR count). The maximum Gasteiger partial charge on any atom is 0.268 e. The average molecular weight is 313 g/mol. The third kappa shape index (κ3) is 3.14. The Kier molecular flexibility index (Phi) is 4.48. The van der Waals surface area contributed by atoms with Gasteiger partial charge in [-0.25, -0.2) is 0 Å². The molecular weight excluding hydrogens is 294 g/mol. The quantitative estimate of drug-likeness (QED) is 0.920. The number of benzene rings is 2. The van der Waals surface area contributed by atoms with Gasteiger partial charge in [-0.05, 0) is 29.8 Å². The zero-order chi connectivity index (χ0) is 16.2. The fourth-order valence-corrected chi connectivity index (χ4v) is 2.65. The van der Waals surface area contributed by atoms with Gasteiger partial charge in [0.05, 0.1) is 19.3 Å². The predicted octanol–water partition coefficient (Wildman–Crippen LogP) is 2.37. The van der Waals surface area contributed by atoms with Crippen LogP contribution in [0.5, 0.6) is 11.5 Å². The second-order valence-electron chi connectivity index (χ2n) is 5.36. The molecule has 23 heavy (non-hydrogen) atoms. The van der Waals surface area contributed by atoms with Gasteiger partial charge in [-0.3, -0.25) is 4.79 Å². The molecule has 5 nitrogen and oxygen atoms in total. The largest absolute Gasteiger partial charge is 0.497 e. The number of methoxy groups -OCH3 is 1. The fourth-order valence-electron chi connectivity index (χ4n) is 2.65. The molecule has 0 unspecified atom stereocenters. The van der Waals surface area contributed by atoms with Crippen LogP contribution in [-0.2, 0) is 11.3 Å². The first-order chi connectivity index (χ1) is 11.2. The summed E-state index contributed by atoms with van der Waals surface area (Å²) in [7, 11) is 1.62. The average Bonchev–Trinajstić information content (AvgIpc) is 2.59. The molecule has 5 heteroatoms. The smallest absolute Gasteiger partial charge is 0.268 e. The molecule has 0 bridgehead atoms. The van der Waals surface area contributed by atoms with Crippen molar-refractivity contribution < 1.29 is 19.4 Å². The summed E-state index contributed by atoms with van der Waals surface area (Å²) < 4.78 is 10.9. The van der Waals surface area contributed by atoms with E-state index in [2.05, 4.69) is 0 Å². The van der Waals surface area contributed by atoms with E-state index >= 15 is 0 Å². The number of fused-ring (bicyclic) bond motifs is 1. The highest BCUT2D eigenvalue weighted by Crippen LogP contribution is 2.35. The van der Waals surface area contributed by atoms with Gasteiger partial charge in [-0.1, -0.05) is 24.3 Å². The van der Waals surface area contributed by atoms with Gasteiger partial charge in [-0.2, -0.15) is 0 Å². The topological polar surface area (TPSA) is 59.0 Å². The summed E-state index contributed by atoms with van der Waals surface area (Å²) in [4.78, 5) is 14.4. The van der Waals surface area contributed by atoms with Crippen molar-refractivity contribution in [3.05, 3.63) is 54.1 Å². The standard InChI is InChI=1S/C18H19NO4/c1-22-14-8-6-13(7-9-14)12-19-15-4-2-3-5-16(15)23-17(10-11-20)18(19)21/h2-9,17,20H,10-12H2,1H3/t17-/m1/s1. The number of carbonyl (C=O) groups excluding carboxylic acids is 1. The number of hydrogen-bond acceptors (Lipinski definition) is 4. The van der Waals surface area contributed by atoms with Gasteiger partial charge >= 0.3 is 0 Å². The highest BCUT2D eigenvalue weighted by Gasteiger charge is 2.33. The van der Waals surface area contributed by atoms with Crippen LogP contribution in [0.1, 0.15) is 12.0 Å². The summed E-state index contributed by atoms with van der Waals surface area (Å²) in [5, 5.41) is 9.15. The van der Waals surface area contributed by atoms with Crippen LogP contribution in [0.25, 0.3) is 0 Å². The van der Waals surface area contributed by atoms with Gasteiger partial charge < -0.3 is 19.5 Å². The summed E-state index contributed by atoms with van der Waals surface area (Å²) in [5.74, 6) is 1.31. The Morgan fingerprint density at radius 2 is 1.91 bits per heavy atom. The summed E-state index contributed by atoms with van der Waals surface area (Å²) in [6, 6.07) is 15.1. The predicted molar refractivity (Wildman–Crippen MR) is 86.7 cm³/mol. The molecule has 0 radical (unpaired) electrons. The first-order valence-electron chi connectivity index (χ1n) is 7.54. The number of amides is 1. The lowest BCUT2D eigenvalue weighted by Crippen LogP contribution is -2.45. The summed E-state index contributed by atoms with van der Waals surface area (Å²) >= 11 is 0. The Bertz CT molecular complexity index is 684. The molecule has 1 aliphatic heterocycles. The van der Waals surface area contributed by atoms with E-state index in [0.29, 0.717) is 12.3 Å². The third-order valence-corrected chi connectivity index (χ3v) is 3.86. The molecular formula is C18H19NO4. The van der Waals surface area contributed by atoms with E-state index in [9.17, 15) is 4.79 Å². The molecule has 1 heterocycles. The van der Waals surface area contributed by atoms with Crippen molar-refractivity contribution in [3.63, 3.8) is 0 Å². The second-order valence-corrected chi connectivity index (χ2v) is 5.36. The molecule has 2 aromatic rings. The summed E-state index contributed by atoms with van der Waals surface area (Å²) in [6.45, 7) is 0.361.